The Labute approximate surface area is 203 Å². The van der Waals surface area contributed by atoms with Crippen LogP contribution in [0.5, 0.6) is 0 Å². The molecule has 1 N–H and O–H groups in total. The summed E-state index contributed by atoms with van der Waals surface area (Å²) in [6, 6.07) is 17.4. The fourth-order valence-electron chi connectivity index (χ4n) is 3.41. The first-order chi connectivity index (χ1) is 16.2. The van der Waals surface area contributed by atoms with Crippen molar-refractivity contribution in [2.75, 3.05) is 5.32 Å². The van der Waals surface area contributed by atoms with Crippen LogP contribution >= 0.6 is 23.4 Å². The van der Waals surface area contributed by atoms with Crippen molar-refractivity contribution in [3.8, 4) is 5.69 Å². The summed E-state index contributed by atoms with van der Waals surface area (Å²) in [4.78, 5) is 42.3. The zero-order valence-electron chi connectivity index (χ0n) is 18.2. The minimum Gasteiger partial charge on any atom is -0.326 e. The number of halogens is 2. The molecule has 9 heteroatoms. The first-order valence-electron chi connectivity index (χ1n) is 10.3. The molecule has 0 radical (unpaired) electrons. The largest absolute Gasteiger partial charge is 0.326 e. The van der Waals surface area contributed by atoms with E-state index >= 15 is 0 Å². The van der Waals surface area contributed by atoms with Gasteiger partial charge in [0.05, 0.1) is 26.9 Å². The number of fused-ring (bicyclic) bond motifs is 1. The van der Waals surface area contributed by atoms with Crippen LogP contribution in [0.2, 0.25) is 5.02 Å². The van der Waals surface area contributed by atoms with Crippen molar-refractivity contribution < 1.29 is 14.0 Å². The summed E-state index contributed by atoms with van der Waals surface area (Å²) >= 11 is 7.09. The molecule has 0 aliphatic heterocycles. The van der Waals surface area contributed by atoms with Crippen molar-refractivity contribution >= 4 is 51.6 Å². The van der Waals surface area contributed by atoms with E-state index in [2.05, 4.69) is 10.3 Å². The van der Waals surface area contributed by atoms with Crippen LogP contribution < -0.4 is 10.9 Å². The van der Waals surface area contributed by atoms with Crippen molar-refractivity contribution in [1.82, 2.24) is 9.55 Å². The molecule has 0 spiro atoms. The van der Waals surface area contributed by atoms with E-state index < -0.39 is 11.1 Å². The second-order valence-electron chi connectivity index (χ2n) is 7.53. The number of carbonyl (C=O) groups excluding carboxylic acids is 2. The molecule has 0 saturated heterocycles. The third-order valence-corrected chi connectivity index (χ3v) is 6.39. The van der Waals surface area contributed by atoms with Crippen LogP contribution in [0.3, 0.4) is 0 Å². The molecule has 1 amide bonds. The van der Waals surface area contributed by atoms with E-state index in [1.807, 2.05) is 0 Å². The quantitative estimate of drug-likeness (QED) is 0.217. The zero-order valence-corrected chi connectivity index (χ0v) is 19.8. The fourth-order valence-corrected chi connectivity index (χ4v) is 4.59. The van der Waals surface area contributed by atoms with Gasteiger partial charge in [-0.1, -0.05) is 35.5 Å². The van der Waals surface area contributed by atoms with E-state index in [1.165, 1.54) is 29.7 Å². The minimum atomic E-state index is -0.604. The fraction of sp³-hybridized carbons (Fsp3) is 0.120. The Morgan fingerprint density at radius 1 is 1.09 bits per heavy atom. The number of para-hydroxylation sites is 1. The van der Waals surface area contributed by atoms with Crippen molar-refractivity contribution in [2.24, 2.45) is 0 Å². The summed E-state index contributed by atoms with van der Waals surface area (Å²) in [5, 5.41) is 2.60. The number of carbonyl (C=O) groups is 2. The number of benzene rings is 3. The molecular weight excluding hydrogens is 477 g/mol. The van der Waals surface area contributed by atoms with Gasteiger partial charge in [-0.3, -0.25) is 19.0 Å². The smallest absolute Gasteiger partial charge is 0.266 e. The van der Waals surface area contributed by atoms with Crippen molar-refractivity contribution in [3.05, 3.63) is 93.5 Å². The monoisotopic (exact) mass is 495 g/mol. The summed E-state index contributed by atoms with van der Waals surface area (Å²) in [5.41, 5.74) is 1.52. The van der Waals surface area contributed by atoms with Gasteiger partial charge in [0, 0.05) is 18.2 Å². The van der Waals surface area contributed by atoms with Gasteiger partial charge in [-0.25, -0.2) is 9.37 Å². The highest BCUT2D eigenvalue weighted by molar-refractivity contribution is 8.00. The van der Waals surface area contributed by atoms with Crippen LogP contribution in [0.15, 0.2) is 76.7 Å². The van der Waals surface area contributed by atoms with Gasteiger partial charge in [-0.05, 0) is 61.5 Å². The number of hydrogen-bond donors (Lipinski definition) is 1. The van der Waals surface area contributed by atoms with E-state index in [9.17, 15) is 18.8 Å². The van der Waals surface area contributed by atoms with Crippen molar-refractivity contribution in [2.45, 2.75) is 24.3 Å². The van der Waals surface area contributed by atoms with E-state index in [0.717, 1.165) is 11.8 Å². The van der Waals surface area contributed by atoms with Gasteiger partial charge in [0.25, 0.3) is 5.56 Å². The highest BCUT2D eigenvalue weighted by Gasteiger charge is 2.22. The number of Topliss-reactive ketones (excluding diaryl/α,β-unsaturated/α-hetero) is 1. The maximum Gasteiger partial charge on any atom is 0.266 e. The van der Waals surface area contributed by atoms with Crippen molar-refractivity contribution in [3.63, 3.8) is 0 Å². The van der Waals surface area contributed by atoms with E-state index in [0.29, 0.717) is 27.8 Å². The highest BCUT2D eigenvalue weighted by Crippen LogP contribution is 2.28. The Hall–Kier alpha value is -3.49. The standard InChI is InChI=1S/C25H19ClFN3O3S/c1-14(23(32)16-7-9-17(10-8-16)28-15(2)31)34-25-29-22-6-4-3-5-19(22)24(33)30(25)18-11-12-21(27)20(26)13-18/h3-14H,1-2H3,(H,28,31). The average molecular weight is 496 g/mol. The number of anilines is 1. The Morgan fingerprint density at radius 2 is 1.79 bits per heavy atom. The maximum atomic E-state index is 13.8. The molecule has 4 aromatic rings. The molecule has 0 aliphatic rings. The molecule has 0 saturated carbocycles. The molecule has 4 rings (SSSR count). The van der Waals surface area contributed by atoms with Gasteiger partial charge in [-0.2, -0.15) is 0 Å². The van der Waals surface area contributed by atoms with Gasteiger partial charge in [0.15, 0.2) is 10.9 Å². The summed E-state index contributed by atoms with van der Waals surface area (Å²) in [6.07, 6.45) is 0. The third kappa shape index (κ3) is 4.88. The van der Waals surface area contributed by atoms with Gasteiger partial charge in [0.2, 0.25) is 5.91 Å². The SMILES string of the molecule is CC(=O)Nc1ccc(C(=O)C(C)Sc2nc3ccccc3c(=O)n2-c2ccc(F)c(Cl)c2)cc1. The molecule has 34 heavy (non-hydrogen) atoms. The van der Waals surface area contributed by atoms with Crippen LogP contribution in [-0.2, 0) is 4.79 Å². The molecule has 1 unspecified atom stereocenters. The Morgan fingerprint density at radius 3 is 2.47 bits per heavy atom. The Bertz CT molecular complexity index is 1470. The molecule has 0 aliphatic carbocycles. The Kier molecular flexibility index (Phi) is 6.81. The number of aromatic nitrogens is 2. The van der Waals surface area contributed by atoms with Gasteiger partial charge < -0.3 is 5.32 Å². The lowest BCUT2D eigenvalue weighted by Crippen LogP contribution is -2.24. The van der Waals surface area contributed by atoms with E-state index in [1.54, 1.807) is 55.5 Å². The molecule has 3 aromatic carbocycles. The van der Waals surface area contributed by atoms with E-state index in [-0.39, 0.29) is 27.4 Å². The van der Waals surface area contributed by atoms with Gasteiger partial charge >= 0.3 is 0 Å². The van der Waals surface area contributed by atoms with Crippen LogP contribution in [0.4, 0.5) is 10.1 Å². The predicted octanol–water partition coefficient (Wildman–Crippen LogP) is 5.50. The number of ketones is 1. The van der Waals surface area contributed by atoms with Gasteiger partial charge in [-0.15, -0.1) is 0 Å². The highest BCUT2D eigenvalue weighted by atomic mass is 35.5. The van der Waals surface area contributed by atoms with Crippen LogP contribution in [0.25, 0.3) is 16.6 Å². The predicted molar refractivity (Wildman–Crippen MR) is 133 cm³/mol. The minimum absolute atomic E-state index is 0.128. The molecule has 1 atom stereocenters. The zero-order chi connectivity index (χ0) is 24.4. The lowest BCUT2D eigenvalue weighted by molar-refractivity contribution is -0.114. The average Bonchev–Trinajstić information content (AvgIpc) is 2.81. The molecule has 1 aromatic heterocycles. The molecule has 0 bridgehead atoms. The number of hydrogen-bond acceptors (Lipinski definition) is 5. The molecule has 1 heterocycles. The third-order valence-electron chi connectivity index (χ3n) is 5.05. The first-order valence-corrected chi connectivity index (χ1v) is 11.6. The second kappa shape index (κ2) is 9.79. The number of amides is 1. The van der Waals surface area contributed by atoms with Crippen LogP contribution in [0.1, 0.15) is 24.2 Å². The normalized spacial score (nSPS) is 11.9. The number of nitrogens with one attached hydrogen (secondary N) is 1. The van der Waals surface area contributed by atoms with Crippen LogP contribution in [-0.4, -0.2) is 26.5 Å². The number of rotatable bonds is 6. The lowest BCUT2D eigenvalue weighted by atomic mass is 10.1. The maximum absolute atomic E-state index is 13.8. The summed E-state index contributed by atoms with van der Waals surface area (Å²) < 4.78 is 15.1. The topological polar surface area (TPSA) is 81.1 Å². The number of thioether (sulfide) groups is 1. The summed E-state index contributed by atoms with van der Waals surface area (Å²) in [7, 11) is 0. The van der Waals surface area contributed by atoms with Crippen molar-refractivity contribution in [1.29, 1.82) is 0 Å². The van der Waals surface area contributed by atoms with Crippen LogP contribution in [0, 0.1) is 5.82 Å². The number of nitrogens with zero attached hydrogens (tertiary/aromatic N) is 2. The lowest BCUT2D eigenvalue weighted by Gasteiger charge is -2.16. The first kappa shape index (κ1) is 23.7. The molecule has 172 valence electrons. The Balaban J connectivity index is 1.73. The molecule has 0 fully saturated rings. The second-order valence-corrected chi connectivity index (χ2v) is 9.25. The van der Waals surface area contributed by atoms with E-state index in [4.69, 9.17) is 11.6 Å². The molecule has 6 nitrogen and oxygen atoms in total. The summed E-state index contributed by atoms with van der Waals surface area (Å²) in [6.45, 7) is 3.13. The molecular formula is C25H19ClFN3O3S. The summed E-state index contributed by atoms with van der Waals surface area (Å²) in [5.74, 6) is -0.984. The van der Waals surface area contributed by atoms with Gasteiger partial charge in [0.1, 0.15) is 5.82 Å².